The van der Waals surface area contributed by atoms with Gasteiger partial charge in [0.15, 0.2) is 6.61 Å². The number of amides is 2. The quantitative estimate of drug-likeness (QED) is 0.761. The number of nitrogens with one attached hydrogen (secondary N) is 2. The monoisotopic (exact) mass is 304 g/mol. The van der Waals surface area contributed by atoms with Crippen molar-refractivity contribution in [3.63, 3.8) is 0 Å². The van der Waals surface area contributed by atoms with E-state index >= 15 is 0 Å². The van der Waals surface area contributed by atoms with Gasteiger partial charge in [-0.05, 0) is 31.5 Å². The Kier molecular flexibility index (Phi) is 5.81. The second-order valence-corrected chi connectivity index (χ2v) is 5.77. The number of hydrogen-bond acceptors (Lipinski definition) is 3. The first kappa shape index (κ1) is 16.3. The SMILES string of the molecule is CCCCCCC(C)NC(=O)c1ccc2c(c1)OCC(=O)N2. The molecule has 2 amide bonds. The summed E-state index contributed by atoms with van der Waals surface area (Å²) in [7, 11) is 0. The Labute approximate surface area is 131 Å². The summed E-state index contributed by atoms with van der Waals surface area (Å²) in [5.74, 6) is 0.263. The highest BCUT2D eigenvalue weighted by molar-refractivity contribution is 5.99. The Morgan fingerprint density at radius 1 is 1.36 bits per heavy atom. The fraction of sp³-hybridized carbons (Fsp3) is 0.529. The van der Waals surface area contributed by atoms with E-state index in [2.05, 4.69) is 17.6 Å². The minimum atomic E-state index is -0.176. The van der Waals surface area contributed by atoms with Crippen molar-refractivity contribution in [1.29, 1.82) is 0 Å². The van der Waals surface area contributed by atoms with Gasteiger partial charge in [-0.25, -0.2) is 0 Å². The number of benzene rings is 1. The second kappa shape index (κ2) is 7.82. The molecule has 0 aliphatic carbocycles. The molecule has 0 fully saturated rings. The first-order valence-corrected chi connectivity index (χ1v) is 7.97. The normalized spacial score (nSPS) is 14.5. The average molecular weight is 304 g/mol. The van der Waals surface area contributed by atoms with Crippen LogP contribution in [-0.4, -0.2) is 24.5 Å². The van der Waals surface area contributed by atoms with E-state index in [9.17, 15) is 9.59 Å². The maximum absolute atomic E-state index is 12.2. The Balaban J connectivity index is 1.88. The van der Waals surface area contributed by atoms with Crippen molar-refractivity contribution in [2.45, 2.75) is 52.0 Å². The van der Waals surface area contributed by atoms with Crippen LogP contribution in [0.5, 0.6) is 5.75 Å². The van der Waals surface area contributed by atoms with Gasteiger partial charge in [0.2, 0.25) is 0 Å². The molecule has 5 heteroatoms. The number of unbranched alkanes of at least 4 members (excludes halogenated alkanes) is 3. The van der Waals surface area contributed by atoms with Crippen LogP contribution in [0.3, 0.4) is 0 Å². The lowest BCUT2D eigenvalue weighted by atomic mass is 10.1. The molecule has 1 aromatic rings. The molecule has 1 atom stereocenters. The van der Waals surface area contributed by atoms with Gasteiger partial charge in [-0.2, -0.15) is 0 Å². The van der Waals surface area contributed by atoms with Crippen molar-refractivity contribution in [1.82, 2.24) is 5.32 Å². The van der Waals surface area contributed by atoms with Crippen molar-refractivity contribution >= 4 is 17.5 Å². The van der Waals surface area contributed by atoms with Crippen LogP contribution in [0.2, 0.25) is 0 Å². The zero-order valence-corrected chi connectivity index (χ0v) is 13.3. The van der Waals surface area contributed by atoms with Gasteiger partial charge in [0, 0.05) is 11.6 Å². The molecular formula is C17H24N2O3. The van der Waals surface area contributed by atoms with Gasteiger partial charge in [-0.1, -0.05) is 32.6 Å². The number of hydrogen-bond donors (Lipinski definition) is 2. The highest BCUT2D eigenvalue weighted by Gasteiger charge is 2.18. The van der Waals surface area contributed by atoms with Crippen LogP contribution in [0.25, 0.3) is 0 Å². The molecule has 1 aromatic carbocycles. The number of fused-ring (bicyclic) bond motifs is 1. The van der Waals surface area contributed by atoms with Crippen molar-refractivity contribution in [3.8, 4) is 5.75 Å². The molecule has 2 rings (SSSR count). The van der Waals surface area contributed by atoms with Gasteiger partial charge in [0.05, 0.1) is 5.69 Å². The number of carbonyl (C=O) groups excluding carboxylic acids is 2. The van der Waals surface area contributed by atoms with E-state index in [0.717, 1.165) is 12.8 Å². The summed E-state index contributed by atoms with van der Waals surface area (Å²) in [4.78, 5) is 23.5. The topological polar surface area (TPSA) is 67.4 Å². The third kappa shape index (κ3) is 4.48. The minimum absolute atomic E-state index is 0.00803. The molecular weight excluding hydrogens is 280 g/mol. The zero-order valence-electron chi connectivity index (χ0n) is 13.3. The second-order valence-electron chi connectivity index (χ2n) is 5.77. The maximum Gasteiger partial charge on any atom is 0.262 e. The lowest BCUT2D eigenvalue weighted by Gasteiger charge is -2.19. The molecule has 1 heterocycles. The molecule has 0 saturated heterocycles. The van der Waals surface area contributed by atoms with Gasteiger partial charge in [-0.15, -0.1) is 0 Å². The zero-order chi connectivity index (χ0) is 15.9. The van der Waals surface area contributed by atoms with Crippen LogP contribution >= 0.6 is 0 Å². The molecule has 0 radical (unpaired) electrons. The van der Waals surface area contributed by atoms with E-state index in [4.69, 9.17) is 4.74 Å². The Morgan fingerprint density at radius 3 is 2.95 bits per heavy atom. The molecule has 1 aliphatic rings. The predicted molar refractivity (Wildman–Crippen MR) is 86.3 cm³/mol. The Bertz CT molecular complexity index is 543. The lowest BCUT2D eigenvalue weighted by Crippen LogP contribution is -2.32. The highest BCUT2D eigenvalue weighted by Crippen LogP contribution is 2.28. The van der Waals surface area contributed by atoms with Crippen LogP contribution in [0.4, 0.5) is 5.69 Å². The van der Waals surface area contributed by atoms with Gasteiger partial charge in [0.25, 0.3) is 11.8 Å². The van der Waals surface area contributed by atoms with E-state index in [1.54, 1.807) is 18.2 Å². The van der Waals surface area contributed by atoms with Gasteiger partial charge >= 0.3 is 0 Å². The van der Waals surface area contributed by atoms with Gasteiger partial charge < -0.3 is 15.4 Å². The van der Waals surface area contributed by atoms with Gasteiger partial charge in [0.1, 0.15) is 5.75 Å². The van der Waals surface area contributed by atoms with E-state index < -0.39 is 0 Å². The number of anilines is 1. The Morgan fingerprint density at radius 2 is 2.18 bits per heavy atom. The summed E-state index contributed by atoms with van der Waals surface area (Å²) in [5.41, 5.74) is 1.16. The van der Waals surface area contributed by atoms with Crippen LogP contribution in [0.1, 0.15) is 56.3 Å². The number of rotatable bonds is 7. The fourth-order valence-electron chi connectivity index (χ4n) is 2.47. The molecule has 0 bridgehead atoms. The van der Waals surface area contributed by atoms with E-state index in [1.165, 1.54) is 19.3 Å². The standard InChI is InChI=1S/C17H24N2O3/c1-3-4-5-6-7-12(2)18-17(21)13-8-9-14-15(10-13)22-11-16(20)19-14/h8-10,12H,3-7,11H2,1-2H3,(H,18,21)(H,19,20). The van der Waals surface area contributed by atoms with Crippen molar-refractivity contribution in [3.05, 3.63) is 23.8 Å². The fourth-order valence-corrected chi connectivity index (χ4v) is 2.47. The minimum Gasteiger partial charge on any atom is -0.482 e. The first-order chi connectivity index (χ1) is 10.6. The molecule has 0 spiro atoms. The van der Waals surface area contributed by atoms with Crippen molar-refractivity contribution < 1.29 is 14.3 Å². The molecule has 22 heavy (non-hydrogen) atoms. The summed E-state index contributed by atoms with van der Waals surface area (Å²) in [5, 5.41) is 5.72. The number of carbonyl (C=O) groups is 2. The van der Waals surface area contributed by atoms with Crippen LogP contribution in [0, 0.1) is 0 Å². The summed E-state index contributed by atoms with van der Waals surface area (Å²) in [6.07, 6.45) is 5.79. The molecule has 2 N–H and O–H groups in total. The molecule has 0 aromatic heterocycles. The predicted octanol–water partition coefficient (Wildman–Crippen LogP) is 3.11. The van der Waals surface area contributed by atoms with E-state index in [0.29, 0.717) is 17.0 Å². The van der Waals surface area contributed by atoms with E-state index in [-0.39, 0.29) is 24.5 Å². The lowest BCUT2D eigenvalue weighted by molar-refractivity contribution is -0.118. The van der Waals surface area contributed by atoms with Crippen LogP contribution in [-0.2, 0) is 4.79 Å². The molecule has 0 saturated carbocycles. The molecule has 1 aliphatic heterocycles. The van der Waals surface area contributed by atoms with Crippen LogP contribution < -0.4 is 15.4 Å². The summed E-state index contributed by atoms with van der Waals surface area (Å²) >= 11 is 0. The average Bonchev–Trinajstić information content (AvgIpc) is 2.51. The highest BCUT2D eigenvalue weighted by atomic mass is 16.5. The third-order valence-electron chi connectivity index (χ3n) is 3.74. The number of ether oxygens (including phenoxy) is 1. The molecule has 1 unspecified atom stereocenters. The molecule has 5 nitrogen and oxygen atoms in total. The third-order valence-corrected chi connectivity index (χ3v) is 3.74. The summed E-state index contributed by atoms with van der Waals surface area (Å²) < 4.78 is 5.33. The van der Waals surface area contributed by atoms with Crippen LogP contribution in [0.15, 0.2) is 18.2 Å². The van der Waals surface area contributed by atoms with Gasteiger partial charge in [-0.3, -0.25) is 9.59 Å². The first-order valence-electron chi connectivity index (χ1n) is 7.97. The molecule has 120 valence electrons. The summed E-state index contributed by atoms with van der Waals surface area (Å²) in [6.45, 7) is 4.21. The largest absolute Gasteiger partial charge is 0.482 e. The van der Waals surface area contributed by atoms with Crippen molar-refractivity contribution in [2.75, 3.05) is 11.9 Å². The maximum atomic E-state index is 12.2. The Hall–Kier alpha value is -2.04. The van der Waals surface area contributed by atoms with E-state index in [1.807, 2.05) is 6.92 Å². The smallest absolute Gasteiger partial charge is 0.262 e. The van der Waals surface area contributed by atoms with Crippen molar-refractivity contribution in [2.24, 2.45) is 0 Å². The summed E-state index contributed by atoms with van der Waals surface area (Å²) in [6, 6.07) is 5.23.